The normalized spacial score (nSPS) is 12.7. The van der Waals surface area contributed by atoms with E-state index in [2.05, 4.69) is 38.1 Å². The second kappa shape index (κ2) is 6.62. The molecule has 1 heteroatoms. The third-order valence-corrected chi connectivity index (χ3v) is 3.03. The van der Waals surface area contributed by atoms with Gasteiger partial charge in [0, 0.05) is 6.61 Å². The van der Waals surface area contributed by atoms with Crippen molar-refractivity contribution < 1.29 is 5.11 Å². The summed E-state index contributed by atoms with van der Waals surface area (Å²) in [5.74, 6) is 0.663. The van der Waals surface area contributed by atoms with Gasteiger partial charge in [-0.3, -0.25) is 0 Å². The Morgan fingerprint density at radius 1 is 1.13 bits per heavy atom. The molecule has 0 radical (unpaired) electrons. The standard InChI is InChI=1S/C14H22O/c1-3-12(2)14-9-7-13(8-10-14)6-4-5-11-15/h7-10,12,15H,3-6,11H2,1-2H3. The molecule has 1 atom stereocenters. The number of aliphatic hydroxyl groups excluding tert-OH is 1. The molecule has 1 aromatic rings. The second-order valence-electron chi connectivity index (χ2n) is 4.23. The van der Waals surface area contributed by atoms with Gasteiger partial charge in [-0.1, -0.05) is 38.1 Å². The minimum Gasteiger partial charge on any atom is -0.396 e. The molecule has 0 aromatic heterocycles. The number of aryl methyl sites for hydroxylation is 1. The van der Waals surface area contributed by atoms with Crippen molar-refractivity contribution in [3.05, 3.63) is 35.4 Å². The summed E-state index contributed by atoms with van der Waals surface area (Å²) in [6, 6.07) is 8.92. The lowest BCUT2D eigenvalue weighted by Gasteiger charge is -2.09. The van der Waals surface area contributed by atoms with Crippen molar-refractivity contribution in [3.8, 4) is 0 Å². The van der Waals surface area contributed by atoms with E-state index >= 15 is 0 Å². The highest BCUT2D eigenvalue weighted by molar-refractivity contribution is 5.25. The third-order valence-electron chi connectivity index (χ3n) is 3.03. The molecule has 0 heterocycles. The van der Waals surface area contributed by atoms with Crippen LogP contribution >= 0.6 is 0 Å². The molecule has 84 valence electrons. The molecule has 0 aliphatic carbocycles. The molecule has 1 N–H and O–H groups in total. The highest BCUT2D eigenvalue weighted by atomic mass is 16.2. The smallest absolute Gasteiger partial charge is 0.0431 e. The van der Waals surface area contributed by atoms with Gasteiger partial charge in [0.2, 0.25) is 0 Å². The van der Waals surface area contributed by atoms with Crippen LogP contribution in [0.2, 0.25) is 0 Å². The van der Waals surface area contributed by atoms with Crippen LogP contribution in [-0.2, 0) is 6.42 Å². The van der Waals surface area contributed by atoms with E-state index in [1.54, 1.807) is 0 Å². The number of unbranched alkanes of at least 4 members (excludes halogenated alkanes) is 1. The lowest BCUT2D eigenvalue weighted by atomic mass is 9.96. The zero-order valence-electron chi connectivity index (χ0n) is 9.87. The maximum Gasteiger partial charge on any atom is 0.0431 e. The van der Waals surface area contributed by atoms with E-state index in [0.29, 0.717) is 12.5 Å². The van der Waals surface area contributed by atoms with Crippen molar-refractivity contribution in [1.82, 2.24) is 0 Å². The number of hydrogen-bond acceptors (Lipinski definition) is 1. The predicted molar refractivity (Wildman–Crippen MR) is 65.2 cm³/mol. The number of aliphatic hydroxyl groups is 1. The van der Waals surface area contributed by atoms with Crippen molar-refractivity contribution >= 4 is 0 Å². The summed E-state index contributed by atoms with van der Waals surface area (Å²) in [5.41, 5.74) is 2.82. The van der Waals surface area contributed by atoms with Gasteiger partial charge in [-0.25, -0.2) is 0 Å². The van der Waals surface area contributed by atoms with Gasteiger partial charge in [0.25, 0.3) is 0 Å². The van der Waals surface area contributed by atoms with Crippen LogP contribution in [0.1, 0.15) is 50.2 Å². The highest BCUT2D eigenvalue weighted by Gasteiger charge is 2.01. The molecule has 0 saturated carbocycles. The zero-order chi connectivity index (χ0) is 11.1. The summed E-state index contributed by atoms with van der Waals surface area (Å²) in [5, 5.41) is 8.69. The van der Waals surface area contributed by atoms with Crippen LogP contribution in [-0.4, -0.2) is 11.7 Å². The Labute approximate surface area is 93.1 Å². The average Bonchev–Trinajstić information content (AvgIpc) is 2.29. The summed E-state index contributed by atoms with van der Waals surface area (Å²) >= 11 is 0. The molecular formula is C14H22O. The Bertz CT molecular complexity index is 263. The Kier molecular flexibility index (Phi) is 5.41. The summed E-state index contributed by atoms with van der Waals surface area (Å²) in [4.78, 5) is 0. The van der Waals surface area contributed by atoms with Crippen LogP contribution in [0.15, 0.2) is 24.3 Å². The summed E-state index contributed by atoms with van der Waals surface area (Å²) < 4.78 is 0. The number of rotatable bonds is 6. The predicted octanol–water partition coefficient (Wildman–Crippen LogP) is 3.52. The first-order chi connectivity index (χ1) is 7.27. The van der Waals surface area contributed by atoms with E-state index < -0.39 is 0 Å². The van der Waals surface area contributed by atoms with Crippen molar-refractivity contribution in [2.75, 3.05) is 6.61 Å². The topological polar surface area (TPSA) is 20.2 Å². The van der Waals surface area contributed by atoms with Crippen molar-refractivity contribution in [2.45, 2.75) is 45.4 Å². The van der Waals surface area contributed by atoms with E-state index in [0.717, 1.165) is 19.3 Å². The van der Waals surface area contributed by atoms with Gasteiger partial charge in [0.15, 0.2) is 0 Å². The molecule has 0 saturated heterocycles. The van der Waals surface area contributed by atoms with Crippen LogP contribution in [0, 0.1) is 0 Å². The van der Waals surface area contributed by atoms with Gasteiger partial charge in [-0.2, -0.15) is 0 Å². The lowest BCUT2D eigenvalue weighted by Crippen LogP contribution is -1.93. The average molecular weight is 206 g/mol. The fourth-order valence-corrected chi connectivity index (χ4v) is 1.69. The molecule has 0 spiro atoms. The molecule has 1 aromatic carbocycles. The van der Waals surface area contributed by atoms with Crippen LogP contribution < -0.4 is 0 Å². The van der Waals surface area contributed by atoms with Gasteiger partial charge in [0.1, 0.15) is 0 Å². The van der Waals surface area contributed by atoms with E-state index in [1.807, 2.05) is 0 Å². The van der Waals surface area contributed by atoms with Crippen LogP contribution in [0.25, 0.3) is 0 Å². The third kappa shape index (κ3) is 4.05. The zero-order valence-corrected chi connectivity index (χ0v) is 9.87. The van der Waals surface area contributed by atoms with Gasteiger partial charge < -0.3 is 5.11 Å². The monoisotopic (exact) mass is 206 g/mol. The first-order valence-electron chi connectivity index (χ1n) is 5.97. The molecule has 1 nitrogen and oxygen atoms in total. The van der Waals surface area contributed by atoms with Gasteiger partial charge in [0.05, 0.1) is 0 Å². The van der Waals surface area contributed by atoms with Crippen molar-refractivity contribution in [1.29, 1.82) is 0 Å². The Morgan fingerprint density at radius 2 is 1.80 bits per heavy atom. The Balaban J connectivity index is 2.49. The van der Waals surface area contributed by atoms with E-state index in [-0.39, 0.29) is 0 Å². The maximum atomic E-state index is 8.69. The SMILES string of the molecule is CCC(C)c1ccc(CCCCO)cc1. The molecule has 1 unspecified atom stereocenters. The van der Waals surface area contributed by atoms with Crippen molar-refractivity contribution in [3.63, 3.8) is 0 Å². The summed E-state index contributed by atoms with van der Waals surface area (Å²) in [7, 11) is 0. The fourth-order valence-electron chi connectivity index (χ4n) is 1.69. The maximum absolute atomic E-state index is 8.69. The van der Waals surface area contributed by atoms with Crippen LogP contribution in [0.4, 0.5) is 0 Å². The molecule has 0 aliphatic heterocycles. The lowest BCUT2D eigenvalue weighted by molar-refractivity contribution is 0.284. The molecule has 0 fully saturated rings. The van der Waals surface area contributed by atoms with Crippen LogP contribution in [0.5, 0.6) is 0 Å². The molecule has 0 aliphatic rings. The highest BCUT2D eigenvalue weighted by Crippen LogP contribution is 2.19. The summed E-state index contributed by atoms with van der Waals surface area (Å²) in [6.45, 7) is 4.80. The van der Waals surface area contributed by atoms with Crippen molar-refractivity contribution in [2.24, 2.45) is 0 Å². The first kappa shape index (κ1) is 12.3. The largest absolute Gasteiger partial charge is 0.396 e. The van der Waals surface area contributed by atoms with E-state index in [4.69, 9.17) is 5.11 Å². The van der Waals surface area contributed by atoms with Gasteiger partial charge in [-0.05, 0) is 42.7 Å². The quantitative estimate of drug-likeness (QED) is 0.706. The minimum atomic E-state index is 0.310. The minimum absolute atomic E-state index is 0.310. The summed E-state index contributed by atoms with van der Waals surface area (Å²) in [6.07, 6.45) is 4.28. The molecule has 0 amide bonds. The molecule has 0 bridgehead atoms. The first-order valence-corrected chi connectivity index (χ1v) is 5.97. The molecular weight excluding hydrogens is 184 g/mol. The molecule has 15 heavy (non-hydrogen) atoms. The van der Waals surface area contributed by atoms with E-state index in [1.165, 1.54) is 17.5 Å². The van der Waals surface area contributed by atoms with Gasteiger partial charge >= 0.3 is 0 Å². The van der Waals surface area contributed by atoms with E-state index in [9.17, 15) is 0 Å². The number of benzene rings is 1. The van der Waals surface area contributed by atoms with Gasteiger partial charge in [-0.15, -0.1) is 0 Å². The number of hydrogen-bond donors (Lipinski definition) is 1. The fraction of sp³-hybridized carbons (Fsp3) is 0.571. The molecule has 1 rings (SSSR count). The second-order valence-corrected chi connectivity index (χ2v) is 4.23. The Hall–Kier alpha value is -0.820. The van der Waals surface area contributed by atoms with Crippen LogP contribution in [0.3, 0.4) is 0 Å². The Morgan fingerprint density at radius 3 is 2.33 bits per heavy atom.